The zero-order chi connectivity index (χ0) is 18.8. The van der Waals surface area contributed by atoms with Crippen molar-refractivity contribution >= 4 is 22.7 Å². The number of rotatable bonds is 6. The first-order valence-electron chi connectivity index (χ1n) is 7.68. The first-order valence-corrected chi connectivity index (χ1v) is 7.68. The number of carboxylic acid groups (broad SMARTS) is 2. The molecule has 0 spiro atoms. The van der Waals surface area contributed by atoms with Crippen molar-refractivity contribution < 1.29 is 24.5 Å². The number of carbonyl (C=O) groups is 2. The van der Waals surface area contributed by atoms with E-state index in [0.29, 0.717) is 12.2 Å². The van der Waals surface area contributed by atoms with Gasteiger partial charge in [-0.1, -0.05) is 30.3 Å². The molecular formula is C19H23NO5. The zero-order valence-corrected chi connectivity index (χ0v) is 14.6. The van der Waals surface area contributed by atoms with Gasteiger partial charge in [-0.2, -0.15) is 0 Å². The molecule has 0 aliphatic carbocycles. The van der Waals surface area contributed by atoms with Crippen molar-refractivity contribution in [2.75, 3.05) is 27.7 Å². The Hall–Kier alpha value is -2.86. The number of methoxy groups -OCH3 is 1. The molecule has 0 bridgehead atoms. The Morgan fingerprint density at radius 3 is 2.16 bits per heavy atom. The van der Waals surface area contributed by atoms with E-state index in [1.165, 1.54) is 16.3 Å². The average molecular weight is 345 g/mol. The fraction of sp³-hybridized carbons (Fsp3) is 0.263. The van der Waals surface area contributed by atoms with E-state index < -0.39 is 11.9 Å². The Morgan fingerprint density at radius 1 is 1.04 bits per heavy atom. The van der Waals surface area contributed by atoms with E-state index in [4.69, 9.17) is 14.9 Å². The number of carboxylic acids is 2. The van der Waals surface area contributed by atoms with Gasteiger partial charge in [0.05, 0.1) is 7.11 Å². The lowest BCUT2D eigenvalue weighted by Gasteiger charge is -2.14. The predicted octanol–water partition coefficient (Wildman–Crippen LogP) is 2.66. The number of hydrogen-bond donors (Lipinski definition) is 2. The van der Waals surface area contributed by atoms with Crippen LogP contribution in [0.2, 0.25) is 0 Å². The van der Waals surface area contributed by atoms with Crippen LogP contribution in [0.4, 0.5) is 0 Å². The van der Waals surface area contributed by atoms with Crippen LogP contribution in [0.15, 0.2) is 48.6 Å². The summed E-state index contributed by atoms with van der Waals surface area (Å²) in [6.07, 6.45) is 2.13. The van der Waals surface area contributed by atoms with Crippen LogP contribution in [-0.4, -0.2) is 54.8 Å². The summed E-state index contributed by atoms with van der Waals surface area (Å²) in [5, 5.41) is 18.2. The molecule has 6 nitrogen and oxygen atoms in total. The highest BCUT2D eigenvalue weighted by Gasteiger charge is 2.08. The molecule has 6 heteroatoms. The third kappa shape index (κ3) is 7.05. The summed E-state index contributed by atoms with van der Waals surface area (Å²) >= 11 is 0. The number of hydrogen-bond acceptors (Lipinski definition) is 4. The average Bonchev–Trinajstić information content (AvgIpc) is 2.58. The van der Waals surface area contributed by atoms with Crippen LogP contribution in [-0.2, 0) is 16.0 Å². The fourth-order valence-electron chi connectivity index (χ4n) is 2.24. The molecular weight excluding hydrogens is 322 g/mol. The van der Waals surface area contributed by atoms with Crippen LogP contribution in [0.3, 0.4) is 0 Å². The van der Waals surface area contributed by atoms with Crippen molar-refractivity contribution in [3.8, 4) is 5.75 Å². The summed E-state index contributed by atoms with van der Waals surface area (Å²) in [4.78, 5) is 21.3. The van der Waals surface area contributed by atoms with Gasteiger partial charge >= 0.3 is 11.9 Å². The van der Waals surface area contributed by atoms with E-state index in [0.717, 1.165) is 18.7 Å². The van der Waals surface area contributed by atoms with Gasteiger partial charge in [0, 0.05) is 24.3 Å². The SMILES string of the molecule is COc1ccc2ccccc2c1CCN(C)C.O=C(O)/C=C/C(=O)O. The van der Waals surface area contributed by atoms with Crippen molar-refractivity contribution in [2.24, 2.45) is 0 Å². The van der Waals surface area contributed by atoms with Gasteiger partial charge in [0.15, 0.2) is 0 Å². The highest BCUT2D eigenvalue weighted by atomic mass is 16.5. The van der Waals surface area contributed by atoms with Gasteiger partial charge in [0.2, 0.25) is 0 Å². The second kappa shape index (κ2) is 10.1. The molecule has 2 N–H and O–H groups in total. The van der Waals surface area contributed by atoms with Crippen LogP contribution >= 0.6 is 0 Å². The summed E-state index contributed by atoms with van der Waals surface area (Å²) in [5.74, 6) is -1.52. The molecule has 2 rings (SSSR count). The topological polar surface area (TPSA) is 87.1 Å². The van der Waals surface area contributed by atoms with Crippen molar-refractivity contribution in [1.82, 2.24) is 4.90 Å². The van der Waals surface area contributed by atoms with Gasteiger partial charge in [0.25, 0.3) is 0 Å². The predicted molar refractivity (Wildman–Crippen MR) is 97.2 cm³/mol. The van der Waals surface area contributed by atoms with E-state index >= 15 is 0 Å². The van der Waals surface area contributed by atoms with Gasteiger partial charge < -0.3 is 19.8 Å². The molecule has 0 amide bonds. The molecule has 0 aliphatic rings. The van der Waals surface area contributed by atoms with E-state index in [2.05, 4.69) is 55.4 Å². The largest absolute Gasteiger partial charge is 0.496 e. The molecule has 0 radical (unpaired) electrons. The summed E-state index contributed by atoms with van der Waals surface area (Å²) in [6.45, 7) is 1.03. The normalized spacial score (nSPS) is 10.6. The number of nitrogens with zero attached hydrogens (tertiary/aromatic N) is 1. The van der Waals surface area contributed by atoms with E-state index in [1.807, 2.05) is 0 Å². The van der Waals surface area contributed by atoms with Crippen LogP contribution in [0.25, 0.3) is 10.8 Å². The van der Waals surface area contributed by atoms with Gasteiger partial charge in [-0.25, -0.2) is 9.59 Å². The minimum atomic E-state index is -1.26. The molecule has 25 heavy (non-hydrogen) atoms. The van der Waals surface area contributed by atoms with E-state index in [1.54, 1.807) is 7.11 Å². The minimum absolute atomic E-state index is 0.558. The summed E-state index contributed by atoms with van der Waals surface area (Å²) in [5.41, 5.74) is 1.30. The standard InChI is InChI=1S/C15H19NO.C4H4O4/c1-16(2)11-10-14-13-7-5-4-6-12(13)8-9-15(14)17-3;5-3(6)1-2-4(7)8/h4-9H,10-11H2,1-3H3;1-2H,(H,5,6)(H,7,8)/b;2-1+. The minimum Gasteiger partial charge on any atom is -0.496 e. The molecule has 134 valence electrons. The molecule has 0 fully saturated rings. The summed E-state index contributed by atoms with van der Waals surface area (Å²) in [7, 11) is 5.93. The van der Waals surface area contributed by atoms with Crippen molar-refractivity contribution in [3.63, 3.8) is 0 Å². The van der Waals surface area contributed by atoms with Gasteiger partial charge in [-0.05, 0) is 37.4 Å². The monoisotopic (exact) mass is 345 g/mol. The van der Waals surface area contributed by atoms with Crippen LogP contribution in [0, 0.1) is 0 Å². The molecule has 0 unspecified atom stereocenters. The smallest absolute Gasteiger partial charge is 0.328 e. The first-order chi connectivity index (χ1) is 11.8. The van der Waals surface area contributed by atoms with E-state index in [-0.39, 0.29) is 0 Å². The Bertz CT molecular complexity index is 737. The third-order valence-electron chi connectivity index (χ3n) is 3.40. The van der Waals surface area contributed by atoms with Gasteiger partial charge in [-0.3, -0.25) is 0 Å². The lowest BCUT2D eigenvalue weighted by atomic mass is 10.0. The summed E-state index contributed by atoms with van der Waals surface area (Å²) in [6, 6.07) is 12.7. The molecule has 2 aromatic carbocycles. The highest BCUT2D eigenvalue weighted by Crippen LogP contribution is 2.28. The summed E-state index contributed by atoms with van der Waals surface area (Å²) < 4.78 is 5.47. The maximum absolute atomic E-state index is 9.55. The molecule has 2 aromatic rings. The number of aliphatic carboxylic acids is 2. The molecule has 0 aliphatic heterocycles. The lowest BCUT2D eigenvalue weighted by Crippen LogP contribution is -2.15. The zero-order valence-electron chi connectivity index (χ0n) is 14.6. The molecule has 0 saturated heterocycles. The number of fused-ring (bicyclic) bond motifs is 1. The third-order valence-corrected chi connectivity index (χ3v) is 3.40. The van der Waals surface area contributed by atoms with Crippen molar-refractivity contribution in [2.45, 2.75) is 6.42 Å². The van der Waals surface area contributed by atoms with Crippen molar-refractivity contribution in [1.29, 1.82) is 0 Å². The fourth-order valence-corrected chi connectivity index (χ4v) is 2.24. The second-order valence-electron chi connectivity index (χ2n) is 5.53. The molecule has 0 saturated carbocycles. The van der Waals surface area contributed by atoms with Crippen LogP contribution in [0.5, 0.6) is 5.75 Å². The Labute approximate surface area is 146 Å². The Kier molecular flexibility index (Phi) is 8.15. The maximum atomic E-state index is 9.55. The van der Waals surface area contributed by atoms with Gasteiger partial charge in [0.1, 0.15) is 5.75 Å². The van der Waals surface area contributed by atoms with E-state index in [9.17, 15) is 9.59 Å². The van der Waals surface area contributed by atoms with Crippen LogP contribution in [0.1, 0.15) is 5.56 Å². The molecule has 0 atom stereocenters. The maximum Gasteiger partial charge on any atom is 0.328 e. The Morgan fingerprint density at radius 2 is 1.64 bits per heavy atom. The quantitative estimate of drug-likeness (QED) is 0.783. The first kappa shape index (κ1) is 20.2. The number of likely N-dealkylation sites (N-methyl/N-ethyl adjacent to an activating group) is 1. The van der Waals surface area contributed by atoms with Crippen molar-refractivity contribution in [3.05, 3.63) is 54.1 Å². The number of ether oxygens (including phenoxy) is 1. The number of benzene rings is 2. The Balaban J connectivity index is 0.000000333. The highest BCUT2D eigenvalue weighted by molar-refractivity contribution is 5.89. The molecule has 0 aromatic heterocycles. The molecule has 0 heterocycles. The second-order valence-corrected chi connectivity index (χ2v) is 5.53. The van der Waals surface area contributed by atoms with Gasteiger partial charge in [-0.15, -0.1) is 0 Å². The van der Waals surface area contributed by atoms with Crippen LogP contribution < -0.4 is 4.74 Å². The lowest BCUT2D eigenvalue weighted by molar-refractivity contribution is -0.134.